The van der Waals surface area contributed by atoms with E-state index in [1.165, 1.54) is 4.88 Å². The van der Waals surface area contributed by atoms with Gasteiger partial charge in [-0.2, -0.15) is 0 Å². The van der Waals surface area contributed by atoms with Crippen LogP contribution in [-0.4, -0.2) is 16.5 Å². The van der Waals surface area contributed by atoms with Crippen molar-refractivity contribution in [2.45, 2.75) is 27.2 Å². The first-order valence-electron chi connectivity index (χ1n) is 5.75. The highest BCUT2D eigenvalue weighted by molar-refractivity contribution is 7.11. The molecule has 2 rings (SSSR count). The third-order valence-electron chi connectivity index (χ3n) is 2.55. The first-order valence-corrected chi connectivity index (χ1v) is 6.57. The van der Waals surface area contributed by atoms with Gasteiger partial charge in [0.25, 0.3) is 0 Å². The zero-order valence-electron chi connectivity index (χ0n) is 10.4. The van der Waals surface area contributed by atoms with Crippen molar-refractivity contribution in [1.29, 1.82) is 0 Å². The molecule has 0 bridgehead atoms. The van der Waals surface area contributed by atoms with Crippen molar-refractivity contribution in [3.63, 3.8) is 0 Å². The molecule has 0 aliphatic carbocycles. The summed E-state index contributed by atoms with van der Waals surface area (Å²) in [4.78, 5) is 10.2. The average Bonchev–Trinajstić information content (AvgIpc) is 2.58. The van der Waals surface area contributed by atoms with Gasteiger partial charge in [0.15, 0.2) is 0 Å². The number of rotatable bonds is 4. The topological polar surface area (TPSA) is 37.8 Å². The van der Waals surface area contributed by atoms with Gasteiger partial charge in [0.2, 0.25) is 0 Å². The Morgan fingerprint density at radius 2 is 2.00 bits per heavy atom. The summed E-state index contributed by atoms with van der Waals surface area (Å²) in [5.41, 5.74) is 2.20. The molecule has 0 fully saturated rings. The minimum absolute atomic E-state index is 0.902. The predicted octanol–water partition coefficient (Wildman–Crippen LogP) is 3.12. The van der Waals surface area contributed by atoms with Gasteiger partial charge in [-0.3, -0.25) is 0 Å². The van der Waals surface area contributed by atoms with E-state index in [2.05, 4.69) is 29.1 Å². The Labute approximate surface area is 106 Å². The van der Waals surface area contributed by atoms with Crippen molar-refractivity contribution in [2.24, 2.45) is 0 Å². The van der Waals surface area contributed by atoms with Crippen molar-refractivity contribution >= 4 is 17.2 Å². The van der Waals surface area contributed by atoms with E-state index in [4.69, 9.17) is 0 Å². The molecule has 0 aromatic carbocycles. The zero-order chi connectivity index (χ0) is 12.3. The Balaban J connectivity index is 1.89. The maximum Gasteiger partial charge on any atom is 0.126 e. The highest BCUT2D eigenvalue weighted by Crippen LogP contribution is 2.17. The van der Waals surface area contributed by atoms with Crippen LogP contribution in [0.2, 0.25) is 0 Å². The van der Waals surface area contributed by atoms with Crippen molar-refractivity contribution in [3.05, 3.63) is 39.5 Å². The van der Waals surface area contributed by atoms with Gasteiger partial charge in [0.05, 0.1) is 10.7 Å². The van der Waals surface area contributed by atoms with Crippen LogP contribution in [0, 0.1) is 20.8 Å². The highest BCUT2D eigenvalue weighted by Gasteiger charge is 2.04. The van der Waals surface area contributed by atoms with Crippen LogP contribution in [0.3, 0.4) is 0 Å². The number of pyridine rings is 1. The molecule has 0 saturated carbocycles. The monoisotopic (exact) mass is 247 g/mol. The Kier molecular flexibility index (Phi) is 3.74. The van der Waals surface area contributed by atoms with Crippen molar-refractivity contribution < 1.29 is 0 Å². The number of nitrogens with one attached hydrogen (secondary N) is 1. The summed E-state index contributed by atoms with van der Waals surface area (Å²) < 4.78 is 0. The van der Waals surface area contributed by atoms with Gasteiger partial charge >= 0.3 is 0 Å². The second kappa shape index (κ2) is 5.27. The van der Waals surface area contributed by atoms with E-state index in [0.29, 0.717) is 0 Å². The molecule has 0 spiro atoms. The van der Waals surface area contributed by atoms with Crippen LogP contribution in [0.5, 0.6) is 0 Å². The summed E-state index contributed by atoms with van der Waals surface area (Å²) in [5.74, 6) is 0.948. The van der Waals surface area contributed by atoms with Gasteiger partial charge in [-0.25, -0.2) is 9.97 Å². The molecular weight excluding hydrogens is 230 g/mol. The molecule has 0 saturated heterocycles. The second-order valence-electron chi connectivity index (χ2n) is 4.08. The van der Waals surface area contributed by atoms with Crippen LogP contribution >= 0.6 is 11.3 Å². The van der Waals surface area contributed by atoms with Crippen LogP contribution in [0.15, 0.2) is 18.2 Å². The molecule has 0 aliphatic heterocycles. The van der Waals surface area contributed by atoms with E-state index in [0.717, 1.165) is 35.2 Å². The molecular formula is C13H17N3S. The summed E-state index contributed by atoms with van der Waals surface area (Å²) in [5, 5.41) is 4.48. The number of aromatic nitrogens is 2. The first-order chi connectivity index (χ1) is 8.15. The fourth-order valence-corrected chi connectivity index (χ4v) is 2.69. The van der Waals surface area contributed by atoms with Crippen LogP contribution in [-0.2, 0) is 6.42 Å². The van der Waals surface area contributed by atoms with Gasteiger partial charge in [0.1, 0.15) is 5.82 Å². The smallest absolute Gasteiger partial charge is 0.126 e. The molecule has 4 heteroatoms. The Morgan fingerprint density at radius 3 is 2.65 bits per heavy atom. The molecule has 90 valence electrons. The van der Waals surface area contributed by atoms with E-state index in [1.807, 2.05) is 25.1 Å². The Bertz CT molecular complexity index is 505. The third-order valence-corrected chi connectivity index (χ3v) is 3.68. The van der Waals surface area contributed by atoms with Gasteiger partial charge in [0, 0.05) is 23.5 Å². The molecule has 0 atom stereocenters. The second-order valence-corrected chi connectivity index (χ2v) is 5.37. The summed E-state index contributed by atoms with van der Waals surface area (Å²) in [6.07, 6.45) is 1.01. The molecule has 1 N–H and O–H groups in total. The number of hydrogen-bond acceptors (Lipinski definition) is 4. The zero-order valence-corrected chi connectivity index (χ0v) is 11.3. The number of thiazole rings is 1. The summed E-state index contributed by atoms with van der Waals surface area (Å²) in [6.45, 7) is 7.03. The number of hydrogen-bond donors (Lipinski definition) is 1. The van der Waals surface area contributed by atoms with Crippen molar-refractivity contribution in [1.82, 2.24) is 9.97 Å². The van der Waals surface area contributed by atoms with Crippen molar-refractivity contribution in [2.75, 3.05) is 11.9 Å². The lowest BCUT2D eigenvalue weighted by Crippen LogP contribution is -2.06. The third kappa shape index (κ3) is 3.27. The van der Waals surface area contributed by atoms with Crippen molar-refractivity contribution in [3.8, 4) is 0 Å². The Morgan fingerprint density at radius 1 is 1.18 bits per heavy atom. The highest BCUT2D eigenvalue weighted by atomic mass is 32.1. The largest absolute Gasteiger partial charge is 0.370 e. The lowest BCUT2D eigenvalue weighted by Gasteiger charge is -2.05. The predicted molar refractivity (Wildman–Crippen MR) is 72.8 cm³/mol. The van der Waals surface area contributed by atoms with E-state index >= 15 is 0 Å². The van der Waals surface area contributed by atoms with Crippen LogP contribution in [0.4, 0.5) is 5.82 Å². The minimum Gasteiger partial charge on any atom is -0.370 e. The van der Waals surface area contributed by atoms with E-state index in [-0.39, 0.29) is 0 Å². The molecule has 0 aliphatic rings. The molecule has 2 aromatic rings. The van der Waals surface area contributed by atoms with E-state index in [1.54, 1.807) is 11.3 Å². The normalized spacial score (nSPS) is 10.5. The fraction of sp³-hybridized carbons (Fsp3) is 0.385. The molecule has 0 radical (unpaired) electrons. The average molecular weight is 247 g/mol. The first kappa shape index (κ1) is 12.0. The van der Waals surface area contributed by atoms with Crippen LogP contribution in [0.25, 0.3) is 0 Å². The molecule has 0 unspecified atom stereocenters. The number of nitrogens with zero attached hydrogens (tertiary/aromatic N) is 2. The van der Waals surface area contributed by atoms with Crippen LogP contribution in [0.1, 0.15) is 21.3 Å². The molecule has 17 heavy (non-hydrogen) atoms. The fourth-order valence-electron chi connectivity index (χ4n) is 1.75. The maximum absolute atomic E-state index is 4.43. The minimum atomic E-state index is 0.902. The van der Waals surface area contributed by atoms with E-state index < -0.39 is 0 Å². The van der Waals surface area contributed by atoms with Gasteiger partial charge in [-0.05, 0) is 32.9 Å². The Hall–Kier alpha value is -1.42. The molecule has 0 amide bonds. The SMILES string of the molecule is Cc1cccc(NCCc2sc(C)nc2C)n1. The summed E-state index contributed by atoms with van der Waals surface area (Å²) in [6, 6.07) is 6.02. The summed E-state index contributed by atoms with van der Waals surface area (Å²) >= 11 is 1.78. The molecule has 2 aromatic heterocycles. The lowest BCUT2D eigenvalue weighted by molar-refractivity contribution is 0.998. The van der Waals surface area contributed by atoms with Gasteiger partial charge in [-0.15, -0.1) is 11.3 Å². The molecule has 3 nitrogen and oxygen atoms in total. The standard InChI is InChI=1S/C13H17N3S/c1-9-5-4-6-13(15-9)14-8-7-12-10(2)16-11(3)17-12/h4-6H,7-8H2,1-3H3,(H,14,15). The maximum atomic E-state index is 4.43. The lowest BCUT2D eigenvalue weighted by atomic mass is 10.3. The van der Waals surface area contributed by atoms with E-state index in [9.17, 15) is 0 Å². The van der Waals surface area contributed by atoms with Gasteiger partial charge in [-0.1, -0.05) is 6.07 Å². The molecule has 2 heterocycles. The number of anilines is 1. The van der Waals surface area contributed by atoms with Gasteiger partial charge < -0.3 is 5.32 Å². The van der Waals surface area contributed by atoms with Crippen LogP contribution < -0.4 is 5.32 Å². The number of aryl methyl sites for hydroxylation is 3. The summed E-state index contributed by atoms with van der Waals surface area (Å²) in [7, 11) is 0. The quantitative estimate of drug-likeness (QED) is 0.902.